The van der Waals surface area contributed by atoms with E-state index in [4.69, 9.17) is 5.11 Å². The molecule has 0 aromatic heterocycles. The number of carboxylic acids is 1. The van der Waals surface area contributed by atoms with Crippen molar-refractivity contribution < 1.29 is 19.8 Å². The van der Waals surface area contributed by atoms with E-state index in [1.807, 2.05) is 6.08 Å². The Bertz CT molecular complexity index is 402. The third-order valence-electron chi connectivity index (χ3n) is 4.35. The van der Waals surface area contributed by atoms with Crippen molar-refractivity contribution in [1.82, 2.24) is 5.32 Å². The van der Waals surface area contributed by atoms with Crippen molar-refractivity contribution in [2.75, 3.05) is 18.9 Å². The third kappa shape index (κ3) is 19.6. The third-order valence-corrected chi connectivity index (χ3v) is 5.53. The Morgan fingerprint density at radius 2 is 1.59 bits per heavy atom. The molecule has 1 amide bonds. The van der Waals surface area contributed by atoms with Crippen LogP contribution < -0.4 is 5.32 Å². The minimum atomic E-state index is -1.04. The average molecular weight is 402 g/mol. The first-order valence-electron chi connectivity index (χ1n) is 10.5. The molecule has 1 atom stereocenters. The summed E-state index contributed by atoms with van der Waals surface area (Å²) in [5, 5.41) is 20.2. The van der Waals surface area contributed by atoms with Crippen LogP contribution in [0.1, 0.15) is 84.0 Å². The Kier molecular flexibility index (Phi) is 19.0. The van der Waals surface area contributed by atoms with Crippen LogP contribution in [0.2, 0.25) is 0 Å². The maximum absolute atomic E-state index is 11.4. The molecule has 158 valence electrons. The zero-order valence-electron chi connectivity index (χ0n) is 17.0. The highest BCUT2D eigenvalue weighted by molar-refractivity contribution is 8.00. The van der Waals surface area contributed by atoms with E-state index in [1.165, 1.54) is 76.0 Å². The van der Waals surface area contributed by atoms with Crippen molar-refractivity contribution in [3.8, 4) is 0 Å². The number of carbonyl (C=O) groups excluding carboxylic acids is 1. The van der Waals surface area contributed by atoms with Gasteiger partial charge in [0.2, 0.25) is 5.91 Å². The van der Waals surface area contributed by atoms with Crippen LogP contribution in [0.15, 0.2) is 12.2 Å². The van der Waals surface area contributed by atoms with Crippen molar-refractivity contribution in [3.05, 3.63) is 12.2 Å². The number of carboxylic acid groups (broad SMARTS) is 1. The summed E-state index contributed by atoms with van der Waals surface area (Å²) in [5.74, 6) is -0.741. The molecule has 0 heterocycles. The number of nitrogens with one attached hydrogen (secondary N) is 1. The van der Waals surface area contributed by atoms with Gasteiger partial charge in [-0.15, -0.1) is 0 Å². The minimum Gasteiger partial charge on any atom is -0.480 e. The van der Waals surface area contributed by atoms with Crippen LogP contribution in [0.5, 0.6) is 0 Å². The van der Waals surface area contributed by atoms with E-state index in [9.17, 15) is 14.7 Å². The number of hydrogen-bond donors (Lipinski definition) is 3. The molecule has 27 heavy (non-hydrogen) atoms. The Hall–Kier alpha value is -1.01. The lowest BCUT2D eigenvalue weighted by molar-refractivity contribution is -0.137. The highest BCUT2D eigenvalue weighted by Crippen LogP contribution is 2.15. The lowest BCUT2D eigenvalue weighted by Crippen LogP contribution is -2.29. The monoisotopic (exact) mass is 401 g/mol. The van der Waals surface area contributed by atoms with Crippen LogP contribution in [-0.4, -0.2) is 46.2 Å². The number of allylic oxidation sites excluding steroid dienone is 1. The molecule has 0 spiro atoms. The van der Waals surface area contributed by atoms with Gasteiger partial charge in [-0.1, -0.05) is 76.9 Å². The fourth-order valence-corrected chi connectivity index (χ4v) is 3.67. The second-order valence-corrected chi connectivity index (χ2v) is 8.26. The van der Waals surface area contributed by atoms with Gasteiger partial charge >= 0.3 is 5.97 Å². The molecule has 1 unspecified atom stereocenters. The second-order valence-electron chi connectivity index (χ2n) is 6.91. The van der Waals surface area contributed by atoms with Crippen molar-refractivity contribution in [2.24, 2.45) is 0 Å². The molecule has 0 saturated carbocycles. The largest absolute Gasteiger partial charge is 0.480 e. The summed E-state index contributed by atoms with van der Waals surface area (Å²) in [6.07, 6.45) is 18.8. The summed E-state index contributed by atoms with van der Waals surface area (Å²) >= 11 is 1.52. The van der Waals surface area contributed by atoms with Gasteiger partial charge in [0.1, 0.15) is 6.54 Å². The smallest absolute Gasteiger partial charge is 0.322 e. The Morgan fingerprint density at radius 1 is 1.00 bits per heavy atom. The molecule has 0 saturated heterocycles. The summed E-state index contributed by atoms with van der Waals surface area (Å²) in [4.78, 5) is 21.8. The van der Waals surface area contributed by atoms with Crippen molar-refractivity contribution >= 4 is 23.6 Å². The summed E-state index contributed by atoms with van der Waals surface area (Å²) in [6, 6.07) is 0. The summed E-state index contributed by atoms with van der Waals surface area (Å²) in [6.45, 7) is 1.96. The molecule has 0 rings (SSSR count). The van der Waals surface area contributed by atoms with Gasteiger partial charge in [0.25, 0.3) is 0 Å². The number of unbranched alkanes of at least 4 members (excludes halogenated alkanes) is 10. The number of rotatable bonds is 19. The molecule has 0 aliphatic heterocycles. The predicted molar refractivity (Wildman–Crippen MR) is 114 cm³/mol. The van der Waals surface area contributed by atoms with Crippen molar-refractivity contribution in [1.29, 1.82) is 0 Å². The molecule has 0 radical (unpaired) electrons. The van der Waals surface area contributed by atoms with E-state index in [1.54, 1.807) is 0 Å². The normalized spacial score (nSPS) is 12.4. The Morgan fingerprint density at radius 3 is 2.15 bits per heavy atom. The van der Waals surface area contributed by atoms with Crippen molar-refractivity contribution in [2.45, 2.75) is 89.2 Å². The maximum atomic E-state index is 11.4. The van der Waals surface area contributed by atoms with E-state index >= 15 is 0 Å². The first-order valence-corrected chi connectivity index (χ1v) is 11.5. The minimum absolute atomic E-state index is 0.000365. The maximum Gasteiger partial charge on any atom is 0.322 e. The summed E-state index contributed by atoms with van der Waals surface area (Å²) < 4.78 is 0. The van der Waals surface area contributed by atoms with Gasteiger partial charge in [-0.2, -0.15) is 11.8 Å². The molecule has 3 N–H and O–H groups in total. The molecular formula is C21H39NO4S. The number of aliphatic carboxylic acids is 1. The number of aliphatic hydroxyl groups excluding tert-OH is 1. The summed E-state index contributed by atoms with van der Waals surface area (Å²) in [7, 11) is 0. The highest BCUT2D eigenvalue weighted by Gasteiger charge is 2.07. The van der Waals surface area contributed by atoms with Crippen LogP contribution in [-0.2, 0) is 9.59 Å². The molecule has 5 nitrogen and oxygen atoms in total. The molecule has 0 aromatic carbocycles. The molecule has 0 aromatic rings. The lowest BCUT2D eigenvalue weighted by Gasteiger charge is -2.09. The van der Waals surface area contributed by atoms with Crippen LogP contribution in [0.3, 0.4) is 0 Å². The van der Waals surface area contributed by atoms with Gasteiger partial charge in [0, 0.05) is 17.4 Å². The van der Waals surface area contributed by atoms with E-state index in [0.717, 1.165) is 6.42 Å². The van der Waals surface area contributed by atoms with E-state index in [-0.39, 0.29) is 30.7 Å². The van der Waals surface area contributed by atoms with Gasteiger partial charge in [0.15, 0.2) is 0 Å². The van der Waals surface area contributed by atoms with Crippen LogP contribution >= 0.6 is 11.8 Å². The highest BCUT2D eigenvalue weighted by atomic mass is 32.2. The van der Waals surface area contributed by atoms with Gasteiger partial charge in [-0.05, 0) is 12.8 Å². The predicted octanol–water partition coefficient (Wildman–Crippen LogP) is 4.54. The number of aliphatic hydroxyl groups is 1. The molecular weight excluding hydrogens is 362 g/mol. The van der Waals surface area contributed by atoms with E-state index in [0.29, 0.717) is 5.75 Å². The topological polar surface area (TPSA) is 86.6 Å². The van der Waals surface area contributed by atoms with Gasteiger partial charge in [-0.3, -0.25) is 9.59 Å². The zero-order chi connectivity index (χ0) is 20.2. The van der Waals surface area contributed by atoms with Gasteiger partial charge < -0.3 is 15.5 Å². The second kappa shape index (κ2) is 19.7. The van der Waals surface area contributed by atoms with E-state index in [2.05, 4.69) is 18.3 Å². The molecule has 6 heteroatoms. The Labute approximate surface area is 169 Å². The molecule has 0 bridgehead atoms. The Balaban J connectivity index is 3.55. The fraction of sp³-hybridized carbons (Fsp3) is 0.810. The standard InChI is InChI=1S/C21H39NO4S/c1-2-3-4-5-6-7-8-9-10-11-12-13-14-19(18-23)27-16-15-20(24)22-17-21(25)26/h13-14,19,23H,2-12,15-18H2,1H3,(H,22,24)(H,25,26). The van der Waals surface area contributed by atoms with Crippen molar-refractivity contribution in [3.63, 3.8) is 0 Å². The van der Waals surface area contributed by atoms with Crippen LogP contribution in [0.4, 0.5) is 0 Å². The quantitative estimate of drug-likeness (QED) is 0.218. The number of carbonyl (C=O) groups is 2. The first kappa shape index (κ1) is 26.0. The number of thioether (sulfide) groups is 1. The zero-order valence-corrected chi connectivity index (χ0v) is 17.8. The van der Waals surface area contributed by atoms with Crippen LogP contribution in [0.25, 0.3) is 0 Å². The van der Waals surface area contributed by atoms with Gasteiger partial charge in [0.05, 0.1) is 6.61 Å². The average Bonchev–Trinajstić information content (AvgIpc) is 2.65. The first-order chi connectivity index (χ1) is 13.1. The summed E-state index contributed by atoms with van der Waals surface area (Å²) in [5.41, 5.74) is 0. The number of amides is 1. The molecule has 0 aliphatic rings. The van der Waals surface area contributed by atoms with Gasteiger partial charge in [-0.25, -0.2) is 0 Å². The molecule has 0 fully saturated rings. The fourth-order valence-electron chi connectivity index (χ4n) is 2.73. The number of hydrogen-bond acceptors (Lipinski definition) is 4. The lowest BCUT2D eigenvalue weighted by atomic mass is 10.1. The van der Waals surface area contributed by atoms with Crippen LogP contribution in [0, 0.1) is 0 Å². The SMILES string of the molecule is CCCCCCCCCCCCC=CC(CO)SCCC(=O)NCC(=O)O. The van der Waals surface area contributed by atoms with E-state index < -0.39 is 5.97 Å². The molecule has 0 aliphatic carbocycles.